The van der Waals surface area contributed by atoms with Gasteiger partial charge in [0.05, 0.1) is 11.6 Å². The fourth-order valence-corrected chi connectivity index (χ4v) is 1.39. The van der Waals surface area contributed by atoms with Crippen molar-refractivity contribution in [3.63, 3.8) is 0 Å². The molecular formula is C7H8N2S. The Morgan fingerprint density at radius 2 is 2.70 bits per heavy atom. The van der Waals surface area contributed by atoms with E-state index in [-0.39, 0.29) is 0 Å². The molecule has 0 N–H and O–H groups in total. The summed E-state index contributed by atoms with van der Waals surface area (Å²) in [6.45, 7) is 2.04. The molecule has 0 saturated heterocycles. The van der Waals surface area contributed by atoms with Crippen LogP contribution in [0.3, 0.4) is 0 Å². The largest absolute Gasteiger partial charge is 0.253 e. The van der Waals surface area contributed by atoms with E-state index in [0.717, 1.165) is 0 Å². The Morgan fingerprint density at radius 1 is 1.90 bits per heavy atom. The summed E-state index contributed by atoms with van der Waals surface area (Å²) in [5.41, 5.74) is 1.79. The molecule has 2 nitrogen and oxygen atoms in total. The molecule has 1 unspecified atom stereocenters. The first kappa shape index (κ1) is 7.23. The third-order valence-corrected chi connectivity index (χ3v) is 2.34. The molecule has 0 aliphatic rings. The maximum atomic E-state index is 8.37. The Balaban J connectivity index is 2.61. The van der Waals surface area contributed by atoms with Crippen molar-refractivity contribution in [1.29, 1.82) is 5.26 Å². The van der Waals surface area contributed by atoms with Gasteiger partial charge in [0, 0.05) is 23.4 Å². The summed E-state index contributed by atoms with van der Waals surface area (Å²) in [7, 11) is 0. The van der Waals surface area contributed by atoms with Crippen LogP contribution in [-0.4, -0.2) is 4.98 Å². The van der Waals surface area contributed by atoms with Crippen LogP contribution in [0.2, 0.25) is 0 Å². The standard InChI is InChI=1S/C7H8N2S/c1-6(2-3-8)7-4-9-5-10-7/h4-6H,2H2,1H3. The summed E-state index contributed by atoms with van der Waals surface area (Å²) in [6.07, 6.45) is 2.41. The van der Waals surface area contributed by atoms with Crippen LogP contribution < -0.4 is 0 Å². The normalized spacial score (nSPS) is 12.4. The summed E-state index contributed by atoms with van der Waals surface area (Å²) in [6, 6.07) is 2.13. The van der Waals surface area contributed by atoms with Crippen molar-refractivity contribution >= 4 is 11.3 Å². The number of hydrogen-bond donors (Lipinski definition) is 0. The minimum atomic E-state index is 0.345. The SMILES string of the molecule is CC(CC#N)c1cncs1. The van der Waals surface area contributed by atoms with Gasteiger partial charge >= 0.3 is 0 Å². The van der Waals surface area contributed by atoms with E-state index in [1.165, 1.54) is 4.88 Å². The molecule has 1 heterocycles. The van der Waals surface area contributed by atoms with Crippen molar-refractivity contribution < 1.29 is 0 Å². The predicted molar refractivity (Wildman–Crippen MR) is 40.8 cm³/mol. The molecule has 0 aliphatic heterocycles. The quantitative estimate of drug-likeness (QED) is 0.651. The average Bonchev–Trinajstić information content (AvgIpc) is 2.38. The lowest BCUT2D eigenvalue weighted by Gasteiger charge is -1.99. The summed E-state index contributed by atoms with van der Waals surface area (Å²) in [5, 5.41) is 8.37. The predicted octanol–water partition coefficient (Wildman–Crippen LogP) is 2.16. The Labute approximate surface area is 64.1 Å². The van der Waals surface area contributed by atoms with Gasteiger partial charge in [0.1, 0.15) is 0 Å². The monoisotopic (exact) mass is 152 g/mol. The number of hydrogen-bond acceptors (Lipinski definition) is 3. The van der Waals surface area contributed by atoms with Gasteiger partial charge in [-0.05, 0) is 0 Å². The fourth-order valence-electron chi connectivity index (χ4n) is 0.707. The number of aromatic nitrogens is 1. The Kier molecular flexibility index (Phi) is 2.41. The highest BCUT2D eigenvalue weighted by molar-refractivity contribution is 7.09. The van der Waals surface area contributed by atoms with Crippen LogP contribution in [0.1, 0.15) is 24.1 Å². The van der Waals surface area contributed by atoms with Crippen LogP contribution >= 0.6 is 11.3 Å². The molecule has 10 heavy (non-hydrogen) atoms. The highest BCUT2D eigenvalue weighted by Crippen LogP contribution is 2.21. The highest BCUT2D eigenvalue weighted by Gasteiger charge is 2.04. The van der Waals surface area contributed by atoms with E-state index in [2.05, 4.69) is 11.1 Å². The van der Waals surface area contributed by atoms with E-state index in [1.807, 2.05) is 13.1 Å². The molecule has 1 aromatic heterocycles. The summed E-state index contributed by atoms with van der Waals surface area (Å²) in [5.74, 6) is 0.345. The second-order valence-corrected chi connectivity index (χ2v) is 3.09. The van der Waals surface area contributed by atoms with Crippen LogP contribution in [-0.2, 0) is 0 Å². The lowest BCUT2D eigenvalue weighted by molar-refractivity contribution is 0.804. The van der Waals surface area contributed by atoms with Crippen molar-refractivity contribution in [2.75, 3.05) is 0 Å². The molecule has 0 saturated carbocycles. The molecule has 1 atom stereocenters. The van der Waals surface area contributed by atoms with Crippen molar-refractivity contribution in [2.45, 2.75) is 19.3 Å². The third-order valence-electron chi connectivity index (χ3n) is 1.33. The van der Waals surface area contributed by atoms with Crippen LogP contribution in [0.4, 0.5) is 0 Å². The summed E-state index contributed by atoms with van der Waals surface area (Å²) >= 11 is 1.61. The van der Waals surface area contributed by atoms with Crippen molar-refractivity contribution in [2.24, 2.45) is 0 Å². The number of nitriles is 1. The second-order valence-electron chi connectivity index (χ2n) is 2.17. The maximum Gasteiger partial charge on any atom is 0.0794 e. The first-order chi connectivity index (χ1) is 4.84. The number of thiazole rings is 1. The molecule has 0 bridgehead atoms. The zero-order chi connectivity index (χ0) is 7.40. The van der Waals surface area contributed by atoms with E-state index >= 15 is 0 Å². The maximum absolute atomic E-state index is 8.37. The molecule has 52 valence electrons. The minimum Gasteiger partial charge on any atom is -0.253 e. The summed E-state index contributed by atoms with van der Waals surface area (Å²) in [4.78, 5) is 5.13. The second kappa shape index (κ2) is 3.33. The van der Waals surface area contributed by atoms with Crippen molar-refractivity contribution in [3.8, 4) is 6.07 Å². The molecule has 0 fully saturated rings. The summed E-state index contributed by atoms with van der Waals surface area (Å²) < 4.78 is 0. The van der Waals surface area contributed by atoms with Gasteiger partial charge in [0.2, 0.25) is 0 Å². The smallest absolute Gasteiger partial charge is 0.0794 e. The van der Waals surface area contributed by atoms with Crippen LogP contribution in [0.15, 0.2) is 11.7 Å². The van der Waals surface area contributed by atoms with Crippen LogP contribution in [0.25, 0.3) is 0 Å². The lowest BCUT2D eigenvalue weighted by Crippen LogP contribution is -1.86. The lowest BCUT2D eigenvalue weighted by atomic mass is 10.1. The van der Waals surface area contributed by atoms with E-state index < -0.39 is 0 Å². The Bertz CT molecular complexity index is 222. The van der Waals surface area contributed by atoms with Gasteiger partial charge in [-0.2, -0.15) is 5.26 Å². The van der Waals surface area contributed by atoms with Crippen molar-refractivity contribution in [1.82, 2.24) is 4.98 Å². The molecule has 3 heteroatoms. The fraction of sp³-hybridized carbons (Fsp3) is 0.429. The highest BCUT2D eigenvalue weighted by atomic mass is 32.1. The number of nitrogens with zero attached hydrogens (tertiary/aromatic N) is 2. The number of rotatable bonds is 2. The molecule has 0 amide bonds. The van der Waals surface area contributed by atoms with Gasteiger partial charge in [-0.3, -0.25) is 4.98 Å². The van der Waals surface area contributed by atoms with Gasteiger partial charge < -0.3 is 0 Å². The van der Waals surface area contributed by atoms with Gasteiger partial charge in [-0.25, -0.2) is 0 Å². The van der Waals surface area contributed by atoms with E-state index in [1.54, 1.807) is 16.8 Å². The molecule has 0 aromatic carbocycles. The van der Waals surface area contributed by atoms with Gasteiger partial charge in [0.15, 0.2) is 0 Å². The first-order valence-corrected chi connectivity index (χ1v) is 3.98. The zero-order valence-corrected chi connectivity index (χ0v) is 6.56. The van der Waals surface area contributed by atoms with Crippen LogP contribution in [0, 0.1) is 11.3 Å². The van der Waals surface area contributed by atoms with Gasteiger partial charge in [0.25, 0.3) is 0 Å². The topological polar surface area (TPSA) is 36.7 Å². The van der Waals surface area contributed by atoms with E-state index in [4.69, 9.17) is 5.26 Å². The van der Waals surface area contributed by atoms with E-state index in [0.29, 0.717) is 12.3 Å². The molecule has 0 aliphatic carbocycles. The first-order valence-electron chi connectivity index (χ1n) is 3.10. The van der Waals surface area contributed by atoms with Gasteiger partial charge in [-0.15, -0.1) is 11.3 Å². The molecule has 1 aromatic rings. The Morgan fingerprint density at radius 3 is 3.20 bits per heavy atom. The minimum absolute atomic E-state index is 0.345. The third kappa shape index (κ3) is 1.55. The average molecular weight is 152 g/mol. The zero-order valence-electron chi connectivity index (χ0n) is 5.74. The molecular weight excluding hydrogens is 144 g/mol. The molecule has 0 radical (unpaired) electrons. The molecule has 0 spiro atoms. The molecule has 1 rings (SSSR count). The van der Waals surface area contributed by atoms with Crippen LogP contribution in [0.5, 0.6) is 0 Å². The Hall–Kier alpha value is -0.880. The van der Waals surface area contributed by atoms with Crippen molar-refractivity contribution in [3.05, 3.63) is 16.6 Å². The van der Waals surface area contributed by atoms with E-state index in [9.17, 15) is 0 Å². The van der Waals surface area contributed by atoms with Gasteiger partial charge in [-0.1, -0.05) is 6.92 Å².